The largest absolute Gasteiger partial charge is 0.481 e. The average Bonchev–Trinajstić information content (AvgIpc) is 2.46. The molecule has 0 bridgehead atoms. The first kappa shape index (κ1) is 17.7. The van der Waals surface area contributed by atoms with Crippen LogP contribution in [-0.2, 0) is 19.7 Å². The van der Waals surface area contributed by atoms with Gasteiger partial charge in [0.05, 0.1) is 25.0 Å². The summed E-state index contributed by atoms with van der Waals surface area (Å²) in [4.78, 5) is 23.2. The van der Waals surface area contributed by atoms with Crippen molar-refractivity contribution in [3.05, 3.63) is 35.4 Å². The maximum Gasteiger partial charge on any atom is 0.308 e. The maximum absolute atomic E-state index is 12.0. The SMILES string of the molecule is CCC(C)OC(=O)CC(C#N)(CC(=O)O)c1ccc(C)cc1. The van der Waals surface area contributed by atoms with E-state index in [2.05, 4.69) is 0 Å². The molecule has 22 heavy (non-hydrogen) atoms. The van der Waals surface area contributed by atoms with Crippen molar-refractivity contribution in [2.24, 2.45) is 0 Å². The number of nitrogens with zero attached hydrogens (tertiary/aromatic N) is 1. The smallest absolute Gasteiger partial charge is 0.308 e. The number of carboxylic acids is 1. The summed E-state index contributed by atoms with van der Waals surface area (Å²) in [7, 11) is 0. The molecule has 2 atom stereocenters. The van der Waals surface area contributed by atoms with E-state index in [1.807, 2.05) is 19.9 Å². The monoisotopic (exact) mass is 303 g/mol. The average molecular weight is 303 g/mol. The third-order valence-corrected chi connectivity index (χ3v) is 3.62. The molecule has 1 N–H and O–H groups in total. The topological polar surface area (TPSA) is 87.4 Å². The van der Waals surface area contributed by atoms with Gasteiger partial charge >= 0.3 is 11.9 Å². The summed E-state index contributed by atoms with van der Waals surface area (Å²) < 4.78 is 5.20. The van der Waals surface area contributed by atoms with Gasteiger partial charge < -0.3 is 9.84 Å². The molecule has 0 heterocycles. The van der Waals surface area contributed by atoms with Crippen LogP contribution in [0.5, 0.6) is 0 Å². The zero-order chi connectivity index (χ0) is 16.8. The molecule has 1 aromatic carbocycles. The number of hydrogen-bond donors (Lipinski definition) is 1. The maximum atomic E-state index is 12.0. The molecule has 0 amide bonds. The number of carboxylic acid groups (broad SMARTS) is 1. The second-order valence-electron chi connectivity index (χ2n) is 5.52. The van der Waals surface area contributed by atoms with E-state index in [1.54, 1.807) is 31.2 Å². The lowest BCUT2D eigenvalue weighted by molar-refractivity contribution is -0.149. The van der Waals surface area contributed by atoms with Crippen molar-refractivity contribution in [2.75, 3.05) is 0 Å². The van der Waals surface area contributed by atoms with E-state index < -0.39 is 23.8 Å². The lowest BCUT2D eigenvalue weighted by Crippen LogP contribution is -2.32. The summed E-state index contributed by atoms with van der Waals surface area (Å²) in [6.45, 7) is 5.54. The van der Waals surface area contributed by atoms with Crippen LogP contribution < -0.4 is 0 Å². The molecule has 0 aliphatic rings. The Bertz CT molecular complexity index is 573. The van der Waals surface area contributed by atoms with E-state index in [0.717, 1.165) is 5.56 Å². The van der Waals surface area contributed by atoms with Gasteiger partial charge in [-0.05, 0) is 25.8 Å². The molecule has 0 saturated carbocycles. The van der Waals surface area contributed by atoms with Crippen LogP contribution in [0.15, 0.2) is 24.3 Å². The Hall–Kier alpha value is -2.35. The fourth-order valence-electron chi connectivity index (χ4n) is 2.14. The molecule has 118 valence electrons. The molecule has 5 heteroatoms. The summed E-state index contributed by atoms with van der Waals surface area (Å²) >= 11 is 0. The van der Waals surface area contributed by atoms with E-state index in [4.69, 9.17) is 9.84 Å². The number of carbonyl (C=O) groups excluding carboxylic acids is 1. The highest BCUT2D eigenvalue weighted by Gasteiger charge is 2.38. The highest BCUT2D eigenvalue weighted by Crippen LogP contribution is 2.32. The molecule has 0 radical (unpaired) electrons. The molecule has 0 fully saturated rings. The van der Waals surface area contributed by atoms with Gasteiger partial charge in [0, 0.05) is 0 Å². The van der Waals surface area contributed by atoms with Crippen LogP contribution in [0.1, 0.15) is 44.2 Å². The molecule has 0 aliphatic heterocycles. The predicted molar refractivity (Wildman–Crippen MR) is 81.2 cm³/mol. The van der Waals surface area contributed by atoms with Gasteiger partial charge in [0.1, 0.15) is 5.41 Å². The Balaban J connectivity index is 3.11. The fourth-order valence-corrected chi connectivity index (χ4v) is 2.14. The number of aliphatic carboxylic acids is 1. The predicted octanol–water partition coefficient (Wildman–Crippen LogP) is 2.96. The van der Waals surface area contributed by atoms with Crippen LogP contribution in [0.25, 0.3) is 0 Å². The number of ether oxygens (including phenoxy) is 1. The van der Waals surface area contributed by atoms with Crippen molar-refractivity contribution < 1.29 is 19.4 Å². The van der Waals surface area contributed by atoms with Crippen LogP contribution in [-0.4, -0.2) is 23.1 Å². The van der Waals surface area contributed by atoms with E-state index in [1.165, 1.54) is 0 Å². The summed E-state index contributed by atoms with van der Waals surface area (Å²) in [6.07, 6.45) is -0.313. The van der Waals surface area contributed by atoms with Crippen molar-refractivity contribution in [1.29, 1.82) is 5.26 Å². The van der Waals surface area contributed by atoms with Gasteiger partial charge in [-0.15, -0.1) is 0 Å². The zero-order valence-corrected chi connectivity index (χ0v) is 13.1. The lowest BCUT2D eigenvalue weighted by Gasteiger charge is -2.25. The standard InChI is InChI=1S/C17H21NO4/c1-4-13(3)22-16(21)10-17(11-18,9-15(19)20)14-7-5-12(2)6-8-14/h5-8,13H,4,9-10H2,1-3H3,(H,19,20). The first-order chi connectivity index (χ1) is 10.3. The third kappa shape index (κ3) is 4.59. The molecule has 0 spiro atoms. The van der Waals surface area contributed by atoms with E-state index in [0.29, 0.717) is 12.0 Å². The number of rotatable bonds is 7. The van der Waals surface area contributed by atoms with Gasteiger partial charge in [0.2, 0.25) is 0 Å². The number of benzene rings is 1. The van der Waals surface area contributed by atoms with Crippen molar-refractivity contribution in [1.82, 2.24) is 0 Å². The van der Waals surface area contributed by atoms with Gasteiger partial charge in [-0.3, -0.25) is 9.59 Å². The van der Waals surface area contributed by atoms with Crippen LogP contribution >= 0.6 is 0 Å². The normalized spacial score (nSPS) is 14.5. The van der Waals surface area contributed by atoms with Crippen molar-refractivity contribution in [2.45, 2.75) is 51.6 Å². The van der Waals surface area contributed by atoms with Crippen molar-refractivity contribution in [3.8, 4) is 6.07 Å². The zero-order valence-electron chi connectivity index (χ0n) is 13.1. The lowest BCUT2D eigenvalue weighted by atomic mass is 9.76. The van der Waals surface area contributed by atoms with Crippen molar-refractivity contribution >= 4 is 11.9 Å². The van der Waals surface area contributed by atoms with Crippen LogP contribution in [0.3, 0.4) is 0 Å². The van der Waals surface area contributed by atoms with Gasteiger partial charge in [-0.1, -0.05) is 36.8 Å². The van der Waals surface area contributed by atoms with Crippen LogP contribution in [0, 0.1) is 18.3 Å². The summed E-state index contributed by atoms with van der Waals surface area (Å²) in [6, 6.07) is 9.00. The minimum absolute atomic E-state index is 0.258. The molecule has 1 rings (SSSR count). The minimum atomic E-state index is -1.41. The molecule has 5 nitrogen and oxygen atoms in total. The summed E-state index contributed by atoms with van der Waals surface area (Å²) in [5.74, 6) is -1.68. The van der Waals surface area contributed by atoms with E-state index in [-0.39, 0.29) is 12.5 Å². The Labute approximate surface area is 130 Å². The third-order valence-electron chi connectivity index (χ3n) is 3.62. The Morgan fingerprint density at radius 1 is 1.32 bits per heavy atom. The van der Waals surface area contributed by atoms with Gasteiger partial charge in [0.25, 0.3) is 0 Å². The number of hydrogen-bond acceptors (Lipinski definition) is 4. The molecule has 2 unspecified atom stereocenters. The van der Waals surface area contributed by atoms with Crippen LogP contribution in [0.4, 0.5) is 0 Å². The number of aryl methyl sites for hydroxylation is 1. The van der Waals surface area contributed by atoms with Gasteiger partial charge in [-0.2, -0.15) is 5.26 Å². The highest BCUT2D eigenvalue weighted by molar-refractivity contribution is 5.77. The molecule has 0 aliphatic carbocycles. The summed E-state index contributed by atoms with van der Waals surface area (Å²) in [5, 5.41) is 18.7. The fraction of sp³-hybridized carbons (Fsp3) is 0.471. The number of esters is 1. The molecular formula is C17H21NO4. The van der Waals surface area contributed by atoms with Crippen molar-refractivity contribution in [3.63, 3.8) is 0 Å². The molecular weight excluding hydrogens is 282 g/mol. The number of nitriles is 1. The quantitative estimate of drug-likeness (QED) is 0.782. The van der Waals surface area contributed by atoms with E-state index >= 15 is 0 Å². The molecule has 1 aromatic rings. The van der Waals surface area contributed by atoms with Gasteiger partial charge in [-0.25, -0.2) is 0 Å². The summed E-state index contributed by atoms with van der Waals surface area (Å²) in [5.41, 5.74) is 0.0987. The number of carbonyl (C=O) groups is 2. The minimum Gasteiger partial charge on any atom is -0.481 e. The molecule has 0 aromatic heterocycles. The Morgan fingerprint density at radius 3 is 2.36 bits per heavy atom. The second-order valence-corrected chi connectivity index (χ2v) is 5.52. The second kappa shape index (κ2) is 7.60. The first-order valence-electron chi connectivity index (χ1n) is 7.22. The first-order valence-corrected chi connectivity index (χ1v) is 7.22. The Morgan fingerprint density at radius 2 is 1.91 bits per heavy atom. The Kier molecular flexibility index (Phi) is 6.11. The van der Waals surface area contributed by atoms with E-state index in [9.17, 15) is 14.9 Å². The van der Waals surface area contributed by atoms with Gasteiger partial charge in [0.15, 0.2) is 0 Å². The highest BCUT2D eigenvalue weighted by atomic mass is 16.5. The van der Waals surface area contributed by atoms with Crippen LogP contribution in [0.2, 0.25) is 0 Å². The molecule has 0 saturated heterocycles.